The molecule has 0 N–H and O–H groups in total. The minimum Gasteiger partial charge on any atom is -0.256 e. The molecule has 0 aliphatic rings. The van der Waals surface area contributed by atoms with Crippen LogP contribution < -0.4 is 0 Å². The van der Waals surface area contributed by atoms with E-state index in [0.717, 1.165) is 22.0 Å². The van der Waals surface area contributed by atoms with E-state index in [1.54, 1.807) is 19.2 Å². The van der Waals surface area contributed by atoms with Crippen molar-refractivity contribution in [1.82, 2.24) is 4.98 Å². The molecule has 2 aromatic carbocycles. The molecule has 0 atom stereocenters. The molecule has 0 unspecified atom stereocenters. The summed E-state index contributed by atoms with van der Waals surface area (Å²) in [6, 6.07) is 15.2. The Labute approximate surface area is 117 Å². The van der Waals surface area contributed by atoms with Crippen LogP contribution in [0.25, 0.3) is 22.9 Å². The third-order valence-corrected chi connectivity index (χ3v) is 3.43. The fraction of sp³-hybridized carbons (Fsp3) is 0.0556. The van der Waals surface area contributed by atoms with Gasteiger partial charge in [0.25, 0.3) is 0 Å². The number of nitrogens with zero attached hydrogens (tertiary/aromatic N) is 1. The van der Waals surface area contributed by atoms with E-state index < -0.39 is 0 Å². The number of hydrogen-bond acceptors (Lipinski definition) is 1. The van der Waals surface area contributed by atoms with Crippen LogP contribution in [-0.4, -0.2) is 4.98 Å². The van der Waals surface area contributed by atoms with Gasteiger partial charge in [-0.25, -0.2) is 4.39 Å². The summed E-state index contributed by atoms with van der Waals surface area (Å²) in [6.45, 7) is 1.78. The first-order chi connectivity index (χ1) is 9.75. The zero-order valence-electron chi connectivity index (χ0n) is 11.2. The van der Waals surface area contributed by atoms with Gasteiger partial charge in [-0.05, 0) is 41.6 Å². The van der Waals surface area contributed by atoms with Gasteiger partial charge < -0.3 is 0 Å². The first-order valence-corrected chi connectivity index (χ1v) is 6.52. The van der Waals surface area contributed by atoms with E-state index >= 15 is 0 Å². The summed E-state index contributed by atoms with van der Waals surface area (Å²) in [7, 11) is 0. The zero-order chi connectivity index (χ0) is 13.9. The van der Waals surface area contributed by atoms with Gasteiger partial charge in [0, 0.05) is 11.6 Å². The highest BCUT2D eigenvalue weighted by molar-refractivity contribution is 5.91. The SMILES string of the molecule is Cc1c(F)cccc1/C=C/c1nccc2ccccc12. The van der Waals surface area contributed by atoms with Gasteiger partial charge in [-0.1, -0.05) is 42.5 Å². The van der Waals surface area contributed by atoms with Gasteiger partial charge in [-0.3, -0.25) is 4.98 Å². The van der Waals surface area contributed by atoms with Gasteiger partial charge in [0.05, 0.1) is 5.69 Å². The number of rotatable bonds is 2. The van der Waals surface area contributed by atoms with Crippen molar-refractivity contribution in [2.75, 3.05) is 0 Å². The summed E-state index contributed by atoms with van der Waals surface area (Å²) >= 11 is 0. The van der Waals surface area contributed by atoms with Crippen molar-refractivity contribution in [3.8, 4) is 0 Å². The highest BCUT2D eigenvalue weighted by atomic mass is 19.1. The number of pyridine rings is 1. The number of benzene rings is 2. The summed E-state index contributed by atoms with van der Waals surface area (Å²) in [5, 5.41) is 2.25. The highest BCUT2D eigenvalue weighted by Gasteiger charge is 2.01. The maximum absolute atomic E-state index is 13.5. The summed E-state index contributed by atoms with van der Waals surface area (Å²) in [4.78, 5) is 4.39. The van der Waals surface area contributed by atoms with Crippen LogP contribution in [0.5, 0.6) is 0 Å². The molecule has 3 rings (SSSR count). The second-order valence-corrected chi connectivity index (χ2v) is 4.70. The monoisotopic (exact) mass is 263 g/mol. The van der Waals surface area contributed by atoms with E-state index in [9.17, 15) is 4.39 Å². The van der Waals surface area contributed by atoms with Crippen LogP contribution >= 0.6 is 0 Å². The second-order valence-electron chi connectivity index (χ2n) is 4.70. The lowest BCUT2D eigenvalue weighted by atomic mass is 10.1. The largest absolute Gasteiger partial charge is 0.256 e. The molecule has 20 heavy (non-hydrogen) atoms. The Balaban J connectivity index is 2.05. The summed E-state index contributed by atoms with van der Waals surface area (Å²) in [6.07, 6.45) is 5.64. The lowest BCUT2D eigenvalue weighted by Gasteiger charge is -2.03. The van der Waals surface area contributed by atoms with Gasteiger partial charge >= 0.3 is 0 Å². The quantitative estimate of drug-likeness (QED) is 0.644. The molecule has 2 heteroatoms. The Morgan fingerprint density at radius 1 is 0.950 bits per heavy atom. The first-order valence-electron chi connectivity index (χ1n) is 6.52. The molecule has 0 spiro atoms. The van der Waals surface area contributed by atoms with Crippen molar-refractivity contribution in [2.24, 2.45) is 0 Å². The van der Waals surface area contributed by atoms with Crippen molar-refractivity contribution in [2.45, 2.75) is 6.92 Å². The molecule has 1 heterocycles. The Morgan fingerprint density at radius 3 is 2.70 bits per heavy atom. The minimum absolute atomic E-state index is 0.182. The molecule has 0 saturated carbocycles. The summed E-state index contributed by atoms with van der Waals surface area (Å²) in [5.74, 6) is -0.182. The molecule has 0 fully saturated rings. The summed E-state index contributed by atoms with van der Waals surface area (Å²) in [5.41, 5.74) is 2.43. The number of halogens is 1. The maximum Gasteiger partial charge on any atom is 0.126 e. The topological polar surface area (TPSA) is 12.9 Å². The molecule has 98 valence electrons. The van der Waals surface area contributed by atoms with Gasteiger partial charge in [-0.15, -0.1) is 0 Å². The molecular weight excluding hydrogens is 249 g/mol. The van der Waals surface area contributed by atoms with Crippen LogP contribution in [0.15, 0.2) is 54.7 Å². The molecule has 3 aromatic rings. The molecule has 1 aromatic heterocycles. The third kappa shape index (κ3) is 2.32. The van der Waals surface area contributed by atoms with Crippen molar-refractivity contribution < 1.29 is 4.39 Å². The highest BCUT2D eigenvalue weighted by Crippen LogP contribution is 2.20. The fourth-order valence-electron chi connectivity index (χ4n) is 2.25. The van der Waals surface area contributed by atoms with Gasteiger partial charge in [0.2, 0.25) is 0 Å². The zero-order valence-corrected chi connectivity index (χ0v) is 11.2. The Kier molecular flexibility index (Phi) is 3.30. The van der Waals surface area contributed by atoms with E-state index in [0.29, 0.717) is 5.56 Å². The molecule has 0 saturated heterocycles. The molecule has 0 aliphatic heterocycles. The number of fused-ring (bicyclic) bond motifs is 1. The molecule has 0 radical (unpaired) electrons. The molecular formula is C18H14FN. The van der Waals surface area contributed by atoms with Crippen LogP contribution in [0.3, 0.4) is 0 Å². The van der Waals surface area contributed by atoms with Gasteiger partial charge in [0.15, 0.2) is 0 Å². The van der Waals surface area contributed by atoms with Crippen LogP contribution in [0, 0.1) is 12.7 Å². The average Bonchev–Trinajstić information content (AvgIpc) is 2.49. The van der Waals surface area contributed by atoms with Crippen LogP contribution in [0.4, 0.5) is 4.39 Å². The average molecular weight is 263 g/mol. The third-order valence-electron chi connectivity index (χ3n) is 3.43. The Bertz CT molecular complexity index is 785. The molecule has 0 amide bonds. The van der Waals surface area contributed by atoms with E-state index in [-0.39, 0.29) is 5.82 Å². The normalized spacial score (nSPS) is 11.3. The van der Waals surface area contributed by atoms with E-state index in [1.165, 1.54) is 6.07 Å². The van der Waals surface area contributed by atoms with E-state index in [2.05, 4.69) is 11.1 Å². The van der Waals surface area contributed by atoms with Crippen molar-refractivity contribution in [3.63, 3.8) is 0 Å². The van der Waals surface area contributed by atoms with Gasteiger partial charge in [0.1, 0.15) is 5.82 Å². The summed E-state index contributed by atoms with van der Waals surface area (Å²) < 4.78 is 13.5. The lowest BCUT2D eigenvalue weighted by Crippen LogP contribution is -1.87. The number of aromatic nitrogens is 1. The Morgan fingerprint density at radius 2 is 1.80 bits per heavy atom. The molecule has 0 bridgehead atoms. The van der Waals surface area contributed by atoms with Crippen LogP contribution in [0.1, 0.15) is 16.8 Å². The first kappa shape index (κ1) is 12.5. The van der Waals surface area contributed by atoms with E-state index in [4.69, 9.17) is 0 Å². The number of hydrogen-bond donors (Lipinski definition) is 0. The van der Waals surface area contributed by atoms with E-state index in [1.807, 2.05) is 42.5 Å². The fourth-order valence-corrected chi connectivity index (χ4v) is 2.25. The predicted molar refractivity (Wildman–Crippen MR) is 81.8 cm³/mol. The predicted octanol–water partition coefficient (Wildman–Crippen LogP) is 4.85. The van der Waals surface area contributed by atoms with Crippen LogP contribution in [0.2, 0.25) is 0 Å². The lowest BCUT2D eigenvalue weighted by molar-refractivity contribution is 0.618. The minimum atomic E-state index is -0.182. The Hall–Kier alpha value is -2.48. The maximum atomic E-state index is 13.5. The van der Waals surface area contributed by atoms with Crippen LogP contribution in [-0.2, 0) is 0 Å². The van der Waals surface area contributed by atoms with Gasteiger partial charge in [-0.2, -0.15) is 0 Å². The smallest absolute Gasteiger partial charge is 0.126 e. The standard InChI is InChI=1S/C18H14FN/c1-13-14(6-4-8-17(13)19)9-10-18-16-7-3-2-5-15(16)11-12-20-18/h2-12H,1H3/b10-9+. The van der Waals surface area contributed by atoms with Crippen molar-refractivity contribution >= 4 is 22.9 Å². The van der Waals surface area contributed by atoms with Crippen molar-refractivity contribution in [3.05, 3.63) is 77.4 Å². The van der Waals surface area contributed by atoms with Crippen molar-refractivity contribution in [1.29, 1.82) is 0 Å². The molecule has 1 nitrogen and oxygen atoms in total. The molecule has 0 aliphatic carbocycles. The second kappa shape index (κ2) is 5.25.